The summed E-state index contributed by atoms with van der Waals surface area (Å²) in [6.45, 7) is 3.88. The first-order valence-corrected chi connectivity index (χ1v) is 6.25. The SMILES string of the molecule is Cc1ccc(N=Nc2c(C)nn(C)c2N)c(Br)c1. The van der Waals surface area contributed by atoms with Gasteiger partial charge in [-0.3, -0.25) is 4.68 Å². The molecule has 0 atom stereocenters. The number of aromatic nitrogens is 2. The molecule has 6 heteroatoms. The lowest BCUT2D eigenvalue weighted by Gasteiger charge is -1.98. The zero-order valence-electron chi connectivity index (χ0n) is 10.5. The van der Waals surface area contributed by atoms with Crippen LogP contribution in [-0.2, 0) is 7.05 Å². The molecule has 0 aliphatic heterocycles. The molecule has 2 rings (SSSR count). The van der Waals surface area contributed by atoms with Crippen molar-refractivity contribution in [2.75, 3.05) is 5.73 Å². The Hall–Kier alpha value is -1.69. The summed E-state index contributed by atoms with van der Waals surface area (Å²) >= 11 is 3.46. The highest BCUT2D eigenvalue weighted by Crippen LogP contribution is 2.31. The van der Waals surface area contributed by atoms with Gasteiger partial charge in [0.1, 0.15) is 5.82 Å². The van der Waals surface area contributed by atoms with Gasteiger partial charge in [0.25, 0.3) is 0 Å². The minimum Gasteiger partial charge on any atom is -0.382 e. The molecule has 0 amide bonds. The molecule has 5 nitrogen and oxygen atoms in total. The lowest BCUT2D eigenvalue weighted by atomic mass is 10.2. The Bertz CT molecular complexity index is 615. The van der Waals surface area contributed by atoms with E-state index in [1.165, 1.54) is 0 Å². The van der Waals surface area contributed by atoms with Crippen molar-refractivity contribution in [2.45, 2.75) is 13.8 Å². The monoisotopic (exact) mass is 307 g/mol. The molecule has 0 bridgehead atoms. The first-order valence-electron chi connectivity index (χ1n) is 5.46. The third kappa shape index (κ3) is 2.43. The Kier molecular flexibility index (Phi) is 3.47. The first kappa shape index (κ1) is 12.8. The van der Waals surface area contributed by atoms with Gasteiger partial charge in [0, 0.05) is 11.5 Å². The highest BCUT2D eigenvalue weighted by molar-refractivity contribution is 9.10. The Labute approximate surface area is 114 Å². The normalized spacial score (nSPS) is 11.3. The Balaban J connectivity index is 2.36. The van der Waals surface area contributed by atoms with Crippen LogP contribution >= 0.6 is 15.9 Å². The van der Waals surface area contributed by atoms with Crippen molar-refractivity contribution in [3.63, 3.8) is 0 Å². The standard InChI is InChI=1S/C12H14BrN5/c1-7-4-5-10(9(13)6-7)15-16-11-8(2)17-18(3)12(11)14/h4-6H,14H2,1-3H3. The van der Waals surface area contributed by atoms with Gasteiger partial charge in [-0.2, -0.15) is 5.10 Å². The van der Waals surface area contributed by atoms with E-state index in [4.69, 9.17) is 5.73 Å². The molecule has 2 N–H and O–H groups in total. The van der Waals surface area contributed by atoms with E-state index in [-0.39, 0.29) is 0 Å². The molecular weight excluding hydrogens is 294 g/mol. The fourth-order valence-corrected chi connectivity index (χ4v) is 2.16. The number of benzene rings is 1. The molecule has 0 unspecified atom stereocenters. The summed E-state index contributed by atoms with van der Waals surface area (Å²) in [6.07, 6.45) is 0. The number of nitrogens with zero attached hydrogens (tertiary/aromatic N) is 4. The predicted octanol–water partition coefficient (Wildman–Crippen LogP) is 3.80. The Morgan fingerprint density at radius 3 is 2.56 bits per heavy atom. The average molecular weight is 308 g/mol. The van der Waals surface area contributed by atoms with Crippen molar-refractivity contribution in [3.05, 3.63) is 33.9 Å². The molecule has 0 radical (unpaired) electrons. The maximum absolute atomic E-state index is 5.86. The fraction of sp³-hybridized carbons (Fsp3) is 0.250. The fourth-order valence-electron chi connectivity index (χ4n) is 1.59. The summed E-state index contributed by atoms with van der Waals surface area (Å²) in [5, 5.41) is 12.6. The number of hydrogen-bond acceptors (Lipinski definition) is 4. The van der Waals surface area contributed by atoms with Gasteiger partial charge in [-0.1, -0.05) is 6.07 Å². The summed E-state index contributed by atoms with van der Waals surface area (Å²) in [5.74, 6) is 0.513. The number of hydrogen-bond donors (Lipinski definition) is 1. The molecule has 0 saturated heterocycles. The zero-order valence-corrected chi connectivity index (χ0v) is 12.1. The Morgan fingerprint density at radius 1 is 1.28 bits per heavy atom. The largest absolute Gasteiger partial charge is 0.382 e. The van der Waals surface area contributed by atoms with E-state index < -0.39 is 0 Å². The van der Waals surface area contributed by atoms with Crippen molar-refractivity contribution in [1.82, 2.24) is 9.78 Å². The van der Waals surface area contributed by atoms with Gasteiger partial charge in [0.2, 0.25) is 0 Å². The van der Waals surface area contributed by atoms with Crippen molar-refractivity contribution in [1.29, 1.82) is 0 Å². The summed E-state index contributed by atoms with van der Waals surface area (Å²) in [5.41, 5.74) is 9.18. The number of anilines is 1. The number of azo groups is 1. The van der Waals surface area contributed by atoms with Crippen molar-refractivity contribution in [3.8, 4) is 0 Å². The van der Waals surface area contributed by atoms with E-state index >= 15 is 0 Å². The molecule has 0 fully saturated rings. The molecule has 0 aliphatic rings. The number of nitrogen functional groups attached to an aromatic ring is 1. The van der Waals surface area contributed by atoms with E-state index in [2.05, 4.69) is 31.3 Å². The van der Waals surface area contributed by atoms with Crippen LogP contribution in [-0.4, -0.2) is 9.78 Å². The van der Waals surface area contributed by atoms with Crippen LogP contribution in [0, 0.1) is 13.8 Å². The molecule has 2 aromatic rings. The predicted molar refractivity (Wildman–Crippen MR) is 75.4 cm³/mol. The van der Waals surface area contributed by atoms with E-state index in [1.54, 1.807) is 11.7 Å². The molecule has 1 aromatic heterocycles. The van der Waals surface area contributed by atoms with Gasteiger partial charge in [-0.15, -0.1) is 10.2 Å². The molecule has 0 saturated carbocycles. The second-order valence-corrected chi connectivity index (χ2v) is 4.95. The number of rotatable bonds is 2. The van der Waals surface area contributed by atoms with Gasteiger partial charge in [0.05, 0.1) is 11.4 Å². The minimum atomic E-state index is 0.513. The number of nitrogens with two attached hydrogens (primary N) is 1. The molecular formula is C12H14BrN5. The lowest BCUT2D eigenvalue weighted by Crippen LogP contribution is -1.96. The molecule has 1 heterocycles. The van der Waals surface area contributed by atoms with E-state index in [0.29, 0.717) is 11.5 Å². The van der Waals surface area contributed by atoms with Crippen molar-refractivity contribution in [2.24, 2.45) is 17.3 Å². The van der Waals surface area contributed by atoms with E-state index in [1.807, 2.05) is 32.0 Å². The summed E-state index contributed by atoms with van der Waals surface area (Å²) < 4.78 is 2.50. The van der Waals surface area contributed by atoms with Crippen LogP contribution in [0.25, 0.3) is 0 Å². The summed E-state index contributed by atoms with van der Waals surface area (Å²) in [6, 6.07) is 5.89. The molecule has 0 spiro atoms. The topological polar surface area (TPSA) is 68.6 Å². The van der Waals surface area contributed by atoms with Crippen LogP contribution in [0.5, 0.6) is 0 Å². The van der Waals surface area contributed by atoms with E-state index in [9.17, 15) is 0 Å². The zero-order chi connectivity index (χ0) is 13.3. The van der Waals surface area contributed by atoms with Crippen molar-refractivity contribution >= 4 is 33.1 Å². The average Bonchev–Trinajstić information content (AvgIpc) is 2.53. The van der Waals surface area contributed by atoms with E-state index in [0.717, 1.165) is 21.4 Å². The van der Waals surface area contributed by atoms with Crippen LogP contribution in [0.2, 0.25) is 0 Å². The third-order valence-corrected chi connectivity index (χ3v) is 3.23. The van der Waals surface area contributed by atoms with Crippen LogP contribution < -0.4 is 5.73 Å². The second-order valence-electron chi connectivity index (χ2n) is 4.10. The number of halogens is 1. The highest BCUT2D eigenvalue weighted by Gasteiger charge is 2.09. The summed E-state index contributed by atoms with van der Waals surface area (Å²) in [4.78, 5) is 0. The number of aryl methyl sites for hydroxylation is 3. The maximum atomic E-state index is 5.86. The minimum absolute atomic E-state index is 0.513. The van der Waals surface area contributed by atoms with Gasteiger partial charge < -0.3 is 5.73 Å². The van der Waals surface area contributed by atoms with Crippen LogP contribution in [0.3, 0.4) is 0 Å². The summed E-state index contributed by atoms with van der Waals surface area (Å²) in [7, 11) is 1.78. The van der Waals surface area contributed by atoms with Gasteiger partial charge >= 0.3 is 0 Å². The smallest absolute Gasteiger partial charge is 0.150 e. The molecule has 1 aromatic carbocycles. The van der Waals surface area contributed by atoms with Crippen LogP contribution in [0.1, 0.15) is 11.3 Å². The van der Waals surface area contributed by atoms with Gasteiger partial charge in [-0.25, -0.2) is 0 Å². The van der Waals surface area contributed by atoms with Crippen LogP contribution in [0.15, 0.2) is 32.9 Å². The van der Waals surface area contributed by atoms with Gasteiger partial charge in [-0.05, 0) is 47.5 Å². The second kappa shape index (κ2) is 4.89. The quantitative estimate of drug-likeness (QED) is 0.857. The third-order valence-electron chi connectivity index (χ3n) is 2.59. The van der Waals surface area contributed by atoms with Gasteiger partial charge in [0.15, 0.2) is 5.69 Å². The molecule has 0 aliphatic carbocycles. The molecule has 94 valence electrons. The molecule has 18 heavy (non-hydrogen) atoms. The van der Waals surface area contributed by atoms with Crippen molar-refractivity contribution < 1.29 is 0 Å². The van der Waals surface area contributed by atoms with Crippen LogP contribution in [0.4, 0.5) is 17.2 Å². The lowest BCUT2D eigenvalue weighted by molar-refractivity contribution is 0.767. The maximum Gasteiger partial charge on any atom is 0.150 e. The highest BCUT2D eigenvalue weighted by atomic mass is 79.9. The Morgan fingerprint density at radius 2 is 2.00 bits per heavy atom. The first-order chi connectivity index (χ1) is 8.49.